The van der Waals surface area contributed by atoms with Gasteiger partial charge in [-0.15, -0.1) is 11.3 Å². The zero-order valence-corrected chi connectivity index (χ0v) is 21.9. The highest BCUT2D eigenvalue weighted by Crippen LogP contribution is 2.43. The lowest BCUT2D eigenvalue weighted by molar-refractivity contribution is -0.135. The normalized spacial score (nSPS) is 17.1. The van der Waals surface area contributed by atoms with Crippen LogP contribution in [0.5, 0.6) is 0 Å². The average Bonchev–Trinajstić information content (AvgIpc) is 3.38. The van der Waals surface area contributed by atoms with Gasteiger partial charge in [0, 0.05) is 29.1 Å². The van der Waals surface area contributed by atoms with Crippen LogP contribution >= 0.6 is 11.3 Å². The first-order chi connectivity index (χ1) is 17.5. The summed E-state index contributed by atoms with van der Waals surface area (Å²) >= 11 is 1.54. The molecule has 0 unspecified atom stereocenters. The van der Waals surface area contributed by atoms with Crippen LogP contribution in [0.2, 0.25) is 0 Å². The van der Waals surface area contributed by atoms with Crippen molar-refractivity contribution in [2.75, 3.05) is 11.9 Å². The Bertz CT molecular complexity index is 1350. The molecule has 10 heteroatoms. The van der Waals surface area contributed by atoms with Gasteiger partial charge in [0.25, 0.3) is 5.91 Å². The molecule has 2 aliphatic carbocycles. The topological polar surface area (TPSA) is 140 Å². The summed E-state index contributed by atoms with van der Waals surface area (Å²) in [5.41, 5.74) is 12.6. The minimum Gasteiger partial charge on any atom is -0.480 e. The predicted molar refractivity (Wildman–Crippen MR) is 143 cm³/mol. The van der Waals surface area contributed by atoms with Crippen LogP contribution in [0.15, 0.2) is 23.6 Å². The number of hydrogen-bond donors (Lipinski definition) is 4. The van der Waals surface area contributed by atoms with Crippen molar-refractivity contribution in [2.45, 2.75) is 64.8 Å². The molecular weight excluding hydrogens is 495 g/mol. The van der Waals surface area contributed by atoms with E-state index >= 15 is 4.39 Å². The fourth-order valence-corrected chi connectivity index (χ4v) is 6.35. The molecule has 0 bridgehead atoms. The standard InChI is InChI=1S/C25H28FN3O2S.C2H5NO2/c1-25(2)12-19-21(20(30)13-25)16-8-9-32-24(16)29(19)15-10-17(26)22(23(27)31)18(11-15)28-14-6-4-3-5-7-14;3-1-2(4)5/h8-11,14,28H,3-7,12-13H2,1-2H3,(H2,27,31);1,3H2,(H,4,5). The van der Waals surface area contributed by atoms with Crippen molar-refractivity contribution < 1.29 is 23.9 Å². The van der Waals surface area contributed by atoms with E-state index in [1.54, 1.807) is 0 Å². The van der Waals surface area contributed by atoms with Crippen LogP contribution in [-0.4, -0.2) is 39.9 Å². The number of amides is 1. The van der Waals surface area contributed by atoms with Crippen molar-refractivity contribution >= 4 is 44.9 Å². The van der Waals surface area contributed by atoms with Crippen LogP contribution in [-0.2, 0) is 11.2 Å². The van der Waals surface area contributed by atoms with Crippen molar-refractivity contribution in [3.05, 3.63) is 46.2 Å². The SMILES string of the molecule is CC1(C)CC(=O)c2c(n(-c3cc(F)c(C(N)=O)c(NC4CCCCC4)c3)c3sccc23)C1.NCC(=O)O. The number of primary amides is 1. The Morgan fingerprint density at radius 2 is 1.89 bits per heavy atom. The number of aromatic nitrogens is 1. The predicted octanol–water partition coefficient (Wildman–Crippen LogP) is 4.86. The summed E-state index contributed by atoms with van der Waals surface area (Å²) in [6, 6.07) is 5.36. The maximum Gasteiger partial charge on any atom is 0.317 e. The summed E-state index contributed by atoms with van der Waals surface area (Å²) in [7, 11) is 0. The molecule has 0 saturated heterocycles. The first kappa shape index (κ1) is 26.8. The number of benzene rings is 1. The van der Waals surface area contributed by atoms with Gasteiger partial charge < -0.3 is 26.5 Å². The Balaban J connectivity index is 0.000000586. The lowest BCUT2D eigenvalue weighted by Crippen LogP contribution is -2.28. The number of nitrogens with zero attached hydrogens (tertiary/aromatic N) is 1. The van der Waals surface area contributed by atoms with Crippen molar-refractivity contribution in [3.63, 3.8) is 0 Å². The highest BCUT2D eigenvalue weighted by molar-refractivity contribution is 7.17. The fraction of sp³-hybridized carbons (Fsp3) is 0.444. The molecule has 6 N–H and O–H groups in total. The summed E-state index contributed by atoms with van der Waals surface area (Å²) in [6.07, 6.45) is 6.62. The molecule has 2 aromatic heterocycles. The zero-order chi connectivity index (χ0) is 26.9. The second kappa shape index (κ2) is 10.6. The second-order valence-electron chi connectivity index (χ2n) is 10.5. The molecule has 0 radical (unpaired) electrons. The third-order valence-corrected chi connectivity index (χ3v) is 7.86. The first-order valence-corrected chi connectivity index (χ1v) is 13.4. The Hall–Kier alpha value is -3.24. The number of rotatable bonds is 5. The summed E-state index contributed by atoms with van der Waals surface area (Å²) < 4.78 is 17.3. The first-order valence-electron chi connectivity index (χ1n) is 12.5. The van der Waals surface area contributed by atoms with Gasteiger partial charge in [0.15, 0.2) is 5.78 Å². The van der Waals surface area contributed by atoms with Gasteiger partial charge in [0.2, 0.25) is 0 Å². The summed E-state index contributed by atoms with van der Waals surface area (Å²) in [5.74, 6) is -2.25. The molecule has 0 spiro atoms. The van der Waals surface area contributed by atoms with Crippen LogP contribution in [0.4, 0.5) is 10.1 Å². The number of hydrogen-bond acceptors (Lipinski definition) is 6. The van der Waals surface area contributed by atoms with Gasteiger partial charge in [0.05, 0.1) is 23.5 Å². The van der Waals surface area contributed by atoms with Crippen LogP contribution in [0.3, 0.4) is 0 Å². The number of carboxylic acids is 1. The molecule has 0 aliphatic heterocycles. The number of nitrogens with two attached hydrogens (primary N) is 2. The average molecular weight is 529 g/mol. The Morgan fingerprint density at radius 1 is 1.22 bits per heavy atom. The molecule has 0 atom stereocenters. The van der Waals surface area contributed by atoms with E-state index in [0.717, 1.165) is 53.6 Å². The van der Waals surface area contributed by atoms with E-state index in [2.05, 4.69) is 24.9 Å². The fourth-order valence-electron chi connectivity index (χ4n) is 5.40. The van der Waals surface area contributed by atoms with Crippen LogP contribution in [0, 0.1) is 11.2 Å². The minimum absolute atomic E-state index is 0.0980. The van der Waals surface area contributed by atoms with Gasteiger partial charge >= 0.3 is 5.97 Å². The van der Waals surface area contributed by atoms with Crippen LogP contribution in [0.1, 0.15) is 78.8 Å². The number of carbonyl (C=O) groups excluding carboxylic acids is 2. The summed E-state index contributed by atoms with van der Waals surface area (Å²) in [5, 5.41) is 13.9. The van der Waals surface area contributed by atoms with E-state index in [0.29, 0.717) is 17.8 Å². The summed E-state index contributed by atoms with van der Waals surface area (Å²) in [6.45, 7) is 3.90. The molecule has 5 rings (SSSR count). The number of Topliss-reactive ketones (excluding diaryl/α,β-unsaturated/α-hetero) is 1. The quantitative estimate of drug-likeness (QED) is 0.373. The van der Waals surface area contributed by atoms with Crippen molar-refractivity contribution in [1.29, 1.82) is 0 Å². The van der Waals surface area contributed by atoms with E-state index in [1.165, 1.54) is 23.8 Å². The third-order valence-electron chi connectivity index (χ3n) is 6.96. The van der Waals surface area contributed by atoms with Gasteiger partial charge in [0.1, 0.15) is 10.6 Å². The molecule has 8 nitrogen and oxygen atoms in total. The number of halogens is 1. The van der Waals surface area contributed by atoms with Crippen LogP contribution in [0.25, 0.3) is 15.9 Å². The molecule has 37 heavy (non-hydrogen) atoms. The smallest absolute Gasteiger partial charge is 0.317 e. The van der Waals surface area contributed by atoms with Crippen LogP contribution < -0.4 is 16.8 Å². The minimum atomic E-state index is -0.968. The molecule has 1 amide bonds. The molecule has 3 aromatic rings. The van der Waals surface area contributed by atoms with Gasteiger partial charge in [-0.25, -0.2) is 4.39 Å². The second-order valence-corrected chi connectivity index (χ2v) is 11.4. The molecule has 1 saturated carbocycles. The lowest BCUT2D eigenvalue weighted by Gasteiger charge is -2.30. The van der Waals surface area contributed by atoms with Gasteiger partial charge in [-0.3, -0.25) is 14.4 Å². The number of fused-ring (bicyclic) bond motifs is 3. The maximum atomic E-state index is 15.3. The van der Waals surface area contributed by atoms with Gasteiger partial charge in [-0.2, -0.15) is 0 Å². The summed E-state index contributed by atoms with van der Waals surface area (Å²) in [4.78, 5) is 35.3. The molecule has 198 valence electrons. The number of ketones is 1. The highest BCUT2D eigenvalue weighted by Gasteiger charge is 2.36. The number of anilines is 1. The van der Waals surface area contributed by atoms with Crippen molar-refractivity contribution in [3.8, 4) is 5.69 Å². The van der Waals surface area contributed by atoms with E-state index in [9.17, 15) is 14.4 Å². The lowest BCUT2D eigenvalue weighted by atomic mass is 9.76. The molecule has 2 heterocycles. The molecule has 1 aromatic carbocycles. The van der Waals surface area contributed by atoms with E-state index in [-0.39, 0.29) is 29.3 Å². The van der Waals surface area contributed by atoms with E-state index in [1.807, 2.05) is 22.1 Å². The number of nitrogens with one attached hydrogen (secondary N) is 1. The Morgan fingerprint density at radius 3 is 2.51 bits per heavy atom. The highest BCUT2D eigenvalue weighted by atomic mass is 32.1. The number of thiophene rings is 1. The zero-order valence-electron chi connectivity index (χ0n) is 21.1. The number of aliphatic carboxylic acids is 1. The van der Waals surface area contributed by atoms with E-state index in [4.69, 9.17) is 10.8 Å². The third kappa shape index (κ3) is 5.55. The molecule has 2 aliphatic rings. The van der Waals surface area contributed by atoms with Gasteiger partial charge in [-0.1, -0.05) is 33.1 Å². The monoisotopic (exact) mass is 528 g/mol. The van der Waals surface area contributed by atoms with Crippen molar-refractivity contribution in [2.24, 2.45) is 16.9 Å². The maximum absolute atomic E-state index is 15.3. The number of carbonyl (C=O) groups is 3. The Labute approximate surface area is 218 Å². The molecular formula is C27H33FN4O4S. The largest absolute Gasteiger partial charge is 0.480 e. The number of carboxylic acid groups (broad SMARTS) is 1. The van der Waals surface area contributed by atoms with E-state index < -0.39 is 17.7 Å². The molecule has 1 fully saturated rings. The van der Waals surface area contributed by atoms with Crippen molar-refractivity contribution in [1.82, 2.24) is 4.57 Å². The Kier molecular flexibility index (Phi) is 7.70. The van der Waals surface area contributed by atoms with Gasteiger partial charge in [-0.05, 0) is 48.3 Å².